The molecule has 0 N–H and O–H groups in total. The Kier molecular flexibility index (Phi) is 6.97. The second-order valence-electron chi connectivity index (χ2n) is 9.85. The molecule has 0 fully saturated rings. The van der Waals surface area contributed by atoms with Crippen LogP contribution in [-0.2, 0) is 9.16 Å². The van der Waals surface area contributed by atoms with Crippen LogP contribution in [0.5, 0.6) is 0 Å². The normalized spacial score (nSPS) is 17.6. The summed E-state index contributed by atoms with van der Waals surface area (Å²) < 4.78 is 12.4. The van der Waals surface area contributed by atoms with E-state index in [1.807, 2.05) is 26.8 Å². The van der Waals surface area contributed by atoms with E-state index in [1.165, 1.54) is 0 Å². The van der Waals surface area contributed by atoms with Crippen LogP contribution in [0, 0.1) is 0 Å². The van der Waals surface area contributed by atoms with Gasteiger partial charge in [0.15, 0.2) is 8.32 Å². The van der Waals surface area contributed by atoms with Crippen LogP contribution in [0.15, 0.2) is 18.5 Å². The molecule has 1 atom stereocenters. The second-order valence-corrected chi connectivity index (χ2v) is 15.3. The maximum Gasteiger partial charge on any atom is 0.414 e. The van der Waals surface area contributed by atoms with Crippen LogP contribution in [0.25, 0.3) is 0 Å². The number of amides is 1. The molecule has 0 aliphatic carbocycles. The van der Waals surface area contributed by atoms with Crippen LogP contribution in [0.2, 0.25) is 16.6 Å². The van der Waals surface area contributed by atoms with E-state index in [4.69, 9.17) is 9.16 Å². The van der Waals surface area contributed by atoms with Crippen molar-refractivity contribution in [1.82, 2.24) is 4.98 Å². The fourth-order valence-corrected chi connectivity index (χ4v) is 10.3. The molecule has 0 aromatic carbocycles. The van der Waals surface area contributed by atoms with Crippen LogP contribution in [0.4, 0.5) is 10.5 Å². The molecule has 2 rings (SSSR count). The van der Waals surface area contributed by atoms with Crippen molar-refractivity contribution < 1.29 is 14.0 Å². The van der Waals surface area contributed by atoms with E-state index in [0.717, 1.165) is 11.3 Å². The van der Waals surface area contributed by atoms with Crippen LogP contribution in [-0.4, -0.2) is 38.1 Å². The minimum Gasteiger partial charge on any atom is -0.443 e. The first kappa shape index (κ1) is 22.9. The zero-order valence-electron chi connectivity index (χ0n) is 19.1. The van der Waals surface area contributed by atoms with Crippen molar-refractivity contribution in [1.29, 1.82) is 0 Å². The molecule has 0 saturated heterocycles. The number of carbonyl (C=O) groups is 1. The Morgan fingerprint density at radius 2 is 1.75 bits per heavy atom. The molecule has 158 valence electrons. The first-order valence-corrected chi connectivity index (χ1v) is 12.6. The van der Waals surface area contributed by atoms with E-state index in [9.17, 15) is 4.79 Å². The number of anilines is 1. The van der Waals surface area contributed by atoms with Gasteiger partial charge in [-0.05, 0) is 49.0 Å². The minimum absolute atomic E-state index is 0.147. The van der Waals surface area contributed by atoms with E-state index in [0.29, 0.717) is 29.8 Å². The predicted molar refractivity (Wildman–Crippen MR) is 118 cm³/mol. The number of hydrogen-bond donors (Lipinski definition) is 0. The summed E-state index contributed by atoms with van der Waals surface area (Å²) in [5, 5.41) is 0. The molecule has 0 saturated carbocycles. The molecule has 1 aromatic rings. The summed E-state index contributed by atoms with van der Waals surface area (Å²) in [4.78, 5) is 18.7. The minimum atomic E-state index is -1.95. The van der Waals surface area contributed by atoms with Gasteiger partial charge in [-0.1, -0.05) is 41.5 Å². The number of pyridine rings is 1. The Bertz CT molecular complexity index is 661. The van der Waals surface area contributed by atoms with Gasteiger partial charge in [0, 0.05) is 25.3 Å². The Morgan fingerprint density at radius 1 is 1.18 bits per heavy atom. The molecule has 0 spiro atoms. The van der Waals surface area contributed by atoms with Gasteiger partial charge in [-0.2, -0.15) is 0 Å². The van der Waals surface area contributed by atoms with Gasteiger partial charge in [0.25, 0.3) is 0 Å². The predicted octanol–water partition coefficient (Wildman–Crippen LogP) is 6.11. The highest BCUT2D eigenvalue weighted by Crippen LogP contribution is 2.44. The van der Waals surface area contributed by atoms with Gasteiger partial charge < -0.3 is 9.16 Å². The van der Waals surface area contributed by atoms with Gasteiger partial charge >= 0.3 is 6.09 Å². The van der Waals surface area contributed by atoms with Crippen molar-refractivity contribution >= 4 is 20.1 Å². The average Bonchev–Trinajstić information content (AvgIpc) is 2.92. The lowest BCUT2D eigenvalue weighted by Crippen LogP contribution is -2.48. The number of rotatable bonds is 6. The maximum atomic E-state index is 12.7. The van der Waals surface area contributed by atoms with Gasteiger partial charge in [0.05, 0.1) is 11.9 Å². The summed E-state index contributed by atoms with van der Waals surface area (Å²) in [6.07, 6.45) is 3.24. The molecule has 1 aliphatic rings. The van der Waals surface area contributed by atoms with E-state index < -0.39 is 13.9 Å². The lowest BCUT2D eigenvalue weighted by molar-refractivity contribution is 0.0581. The molecule has 1 amide bonds. The van der Waals surface area contributed by atoms with Crippen molar-refractivity contribution in [2.75, 3.05) is 18.1 Å². The summed E-state index contributed by atoms with van der Waals surface area (Å²) in [5.74, 6) is 0.147. The standard InChI is InChI=1S/C22H38N2O3Si/c1-15(2)28(16(3)4,17(5)6)26-14-18-13-24(21(25)27-22(7,8)9)20-12-23-11-10-19(18)20/h10-12,15-18H,13-14H2,1-9H3/t18-/m1/s1. The highest BCUT2D eigenvalue weighted by molar-refractivity contribution is 6.77. The third-order valence-corrected chi connectivity index (χ3v) is 11.9. The Labute approximate surface area is 172 Å². The molecule has 6 heteroatoms. The molecule has 5 nitrogen and oxygen atoms in total. The van der Waals surface area contributed by atoms with Crippen molar-refractivity contribution in [3.05, 3.63) is 24.0 Å². The summed E-state index contributed by atoms with van der Waals surface area (Å²) in [5.41, 5.74) is 3.05. The fourth-order valence-electron chi connectivity index (χ4n) is 4.76. The molecule has 0 bridgehead atoms. The average molecular weight is 407 g/mol. The third-order valence-electron chi connectivity index (χ3n) is 5.82. The molecule has 0 unspecified atom stereocenters. The highest BCUT2D eigenvalue weighted by Gasteiger charge is 2.46. The lowest BCUT2D eigenvalue weighted by Gasteiger charge is -2.42. The molecule has 28 heavy (non-hydrogen) atoms. The number of ether oxygens (including phenoxy) is 1. The second kappa shape index (κ2) is 8.53. The summed E-state index contributed by atoms with van der Waals surface area (Å²) >= 11 is 0. The van der Waals surface area contributed by atoms with Crippen molar-refractivity contribution in [2.45, 2.75) is 90.5 Å². The van der Waals surface area contributed by atoms with Crippen LogP contribution < -0.4 is 4.90 Å². The Hall–Kier alpha value is -1.40. The largest absolute Gasteiger partial charge is 0.443 e. The summed E-state index contributed by atoms with van der Waals surface area (Å²) in [7, 11) is -1.95. The maximum absolute atomic E-state index is 12.7. The first-order chi connectivity index (χ1) is 12.9. The summed E-state index contributed by atoms with van der Waals surface area (Å²) in [6, 6.07) is 2.01. The number of hydrogen-bond acceptors (Lipinski definition) is 4. The molecule has 1 aromatic heterocycles. The Morgan fingerprint density at radius 3 is 2.25 bits per heavy atom. The number of carbonyl (C=O) groups excluding carboxylic acids is 1. The van der Waals surface area contributed by atoms with E-state index in [2.05, 4.69) is 46.5 Å². The van der Waals surface area contributed by atoms with Gasteiger partial charge in [-0.25, -0.2) is 4.79 Å². The van der Waals surface area contributed by atoms with E-state index >= 15 is 0 Å². The zero-order chi connectivity index (χ0) is 21.3. The van der Waals surface area contributed by atoms with Gasteiger partial charge in [-0.15, -0.1) is 0 Å². The van der Waals surface area contributed by atoms with Crippen molar-refractivity contribution in [2.24, 2.45) is 0 Å². The molecule has 1 aliphatic heterocycles. The molecule has 2 heterocycles. The number of fused-ring (bicyclic) bond motifs is 1. The smallest absolute Gasteiger partial charge is 0.414 e. The van der Waals surface area contributed by atoms with Crippen LogP contribution >= 0.6 is 0 Å². The lowest BCUT2D eigenvalue weighted by atomic mass is 10.0. The van der Waals surface area contributed by atoms with Crippen LogP contribution in [0.1, 0.15) is 73.8 Å². The number of nitrogens with zero attached hydrogens (tertiary/aromatic N) is 2. The highest BCUT2D eigenvalue weighted by atomic mass is 28.4. The molecule has 0 radical (unpaired) electrons. The van der Waals surface area contributed by atoms with Gasteiger partial charge in [0.2, 0.25) is 0 Å². The fraction of sp³-hybridized carbons (Fsp3) is 0.727. The van der Waals surface area contributed by atoms with Crippen molar-refractivity contribution in [3.63, 3.8) is 0 Å². The monoisotopic (exact) mass is 406 g/mol. The number of aromatic nitrogens is 1. The van der Waals surface area contributed by atoms with Crippen LogP contribution in [0.3, 0.4) is 0 Å². The topological polar surface area (TPSA) is 51.7 Å². The van der Waals surface area contributed by atoms with Crippen molar-refractivity contribution in [3.8, 4) is 0 Å². The van der Waals surface area contributed by atoms with E-state index in [1.54, 1.807) is 17.3 Å². The molecular weight excluding hydrogens is 368 g/mol. The first-order valence-electron chi connectivity index (χ1n) is 10.5. The quantitative estimate of drug-likeness (QED) is 0.535. The van der Waals surface area contributed by atoms with Gasteiger partial charge in [0.1, 0.15) is 5.60 Å². The summed E-state index contributed by atoms with van der Waals surface area (Å²) in [6.45, 7) is 20.7. The SMILES string of the molecule is CC(C)[Si](OC[C@H]1CN(C(=O)OC(C)(C)C)c2cnccc21)(C(C)C)C(C)C. The van der Waals surface area contributed by atoms with Gasteiger partial charge in [-0.3, -0.25) is 9.88 Å². The Balaban J connectivity index is 2.24. The molecular formula is C22H38N2O3Si. The third kappa shape index (κ3) is 4.59. The van der Waals surface area contributed by atoms with E-state index in [-0.39, 0.29) is 12.0 Å². The zero-order valence-corrected chi connectivity index (χ0v) is 20.1.